The minimum Gasteiger partial charge on any atom is -0.207 e. The van der Waals surface area contributed by atoms with Gasteiger partial charge in [0.2, 0.25) is 0 Å². The third-order valence-corrected chi connectivity index (χ3v) is 4.72. The van der Waals surface area contributed by atoms with Gasteiger partial charge in [-0.05, 0) is 54.7 Å². The Morgan fingerprint density at radius 1 is 1.17 bits per heavy atom. The van der Waals surface area contributed by atoms with Crippen molar-refractivity contribution in [1.82, 2.24) is 0 Å². The van der Waals surface area contributed by atoms with E-state index in [2.05, 4.69) is 13.8 Å². The lowest BCUT2D eigenvalue weighted by molar-refractivity contribution is 0.235. The third-order valence-electron chi connectivity index (χ3n) is 4.72. The molecular weight excluding hydrogens is 223 g/mol. The van der Waals surface area contributed by atoms with Crippen LogP contribution in [0.25, 0.3) is 0 Å². The van der Waals surface area contributed by atoms with Crippen molar-refractivity contribution < 1.29 is 4.39 Å². The van der Waals surface area contributed by atoms with Gasteiger partial charge in [0, 0.05) is 0 Å². The molecule has 1 saturated carbocycles. The van der Waals surface area contributed by atoms with Crippen molar-refractivity contribution in [3.05, 3.63) is 35.6 Å². The van der Waals surface area contributed by atoms with Gasteiger partial charge in [-0.25, -0.2) is 4.39 Å². The molecule has 0 atom stereocenters. The zero-order valence-corrected chi connectivity index (χ0v) is 11.7. The quantitative estimate of drug-likeness (QED) is 0.663. The summed E-state index contributed by atoms with van der Waals surface area (Å²) in [4.78, 5) is 0. The van der Waals surface area contributed by atoms with E-state index in [0.717, 1.165) is 5.92 Å². The summed E-state index contributed by atoms with van der Waals surface area (Å²) < 4.78 is 13.0. The van der Waals surface area contributed by atoms with Gasteiger partial charge in [-0.2, -0.15) is 0 Å². The SMILES string of the molecule is CCCCC1CCC(C)(c2ccc(F)cc2)CC1. The molecule has 1 aliphatic carbocycles. The maximum atomic E-state index is 13.0. The first-order valence-electron chi connectivity index (χ1n) is 7.40. The summed E-state index contributed by atoms with van der Waals surface area (Å²) in [7, 11) is 0. The van der Waals surface area contributed by atoms with E-state index in [4.69, 9.17) is 0 Å². The zero-order valence-electron chi connectivity index (χ0n) is 11.7. The molecule has 0 aromatic heterocycles. The Morgan fingerprint density at radius 2 is 1.78 bits per heavy atom. The van der Waals surface area contributed by atoms with E-state index in [1.807, 2.05) is 12.1 Å². The van der Waals surface area contributed by atoms with Crippen molar-refractivity contribution >= 4 is 0 Å². The largest absolute Gasteiger partial charge is 0.207 e. The minimum atomic E-state index is -0.126. The summed E-state index contributed by atoms with van der Waals surface area (Å²) in [6, 6.07) is 7.15. The monoisotopic (exact) mass is 248 g/mol. The molecule has 1 aromatic carbocycles. The van der Waals surface area contributed by atoms with E-state index >= 15 is 0 Å². The molecule has 1 aromatic rings. The van der Waals surface area contributed by atoms with Crippen LogP contribution in [0.4, 0.5) is 4.39 Å². The van der Waals surface area contributed by atoms with Gasteiger partial charge in [-0.15, -0.1) is 0 Å². The molecule has 2 rings (SSSR count). The van der Waals surface area contributed by atoms with Crippen LogP contribution in [0.5, 0.6) is 0 Å². The Kier molecular flexibility index (Phi) is 4.42. The van der Waals surface area contributed by atoms with Crippen LogP contribution in [-0.2, 0) is 5.41 Å². The van der Waals surface area contributed by atoms with Crippen LogP contribution >= 0.6 is 0 Å². The van der Waals surface area contributed by atoms with Crippen molar-refractivity contribution in [3.8, 4) is 0 Å². The maximum Gasteiger partial charge on any atom is 0.123 e. The lowest BCUT2D eigenvalue weighted by Gasteiger charge is -2.38. The zero-order chi connectivity index (χ0) is 13.0. The smallest absolute Gasteiger partial charge is 0.123 e. The van der Waals surface area contributed by atoms with Crippen molar-refractivity contribution in [3.63, 3.8) is 0 Å². The van der Waals surface area contributed by atoms with Gasteiger partial charge in [-0.1, -0.05) is 45.2 Å². The van der Waals surface area contributed by atoms with Crippen molar-refractivity contribution in [2.75, 3.05) is 0 Å². The fraction of sp³-hybridized carbons (Fsp3) is 0.647. The molecule has 0 heterocycles. The molecule has 0 spiro atoms. The van der Waals surface area contributed by atoms with Gasteiger partial charge in [0.25, 0.3) is 0 Å². The third kappa shape index (κ3) is 3.13. The van der Waals surface area contributed by atoms with E-state index in [0.29, 0.717) is 0 Å². The van der Waals surface area contributed by atoms with E-state index in [1.54, 1.807) is 12.1 Å². The summed E-state index contributed by atoms with van der Waals surface area (Å²) in [5.41, 5.74) is 1.59. The molecule has 18 heavy (non-hydrogen) atoms. The van der Waals surface area contributed by atoms with Crippen molar-refractivity contribution in [2.24, 2.45) is 5.92 Å². The van der Waals surface area contributed by atoms with Crippen LogP contribution < -0.4 is 0 Å². The summed E-state index contributed by atoms with van der Waals surface area (Å²) in [6.07, 6.45) is 9.28. The molecule has 1 aliphatic rings. The van der Waals surface area contributed by atoms with Crippen molar-refractivity contribution in [2.45, 2.75) is 64.2 Å². The predicted octanol–water partition coefficient (Wildman–Crippen LogP) is 5.46. The normalized spacial score (nSPS) is 28.3. The molecule has 1 heteroatoms. The average Bonchev–Trinajstić information content (AvgIpc) is 2.39. The molecule has 0 bridgehead atoms. The van der Waals surface area contributed by atoms with Crippen LogP contribution in [0.15, 0.2) is 24.3 Å². The summed E-state index contributed by atoms with van der Waals surface area (Å²) in [6.45, 7) is 4.61. The lowest BCUT2D eigenvalue weighted by atomic mass is 9.67. The first kappa shape index (κ1) is 13.6. The number of unbranched alkanes of at least 4 members (excludes halogenated alkanes) is 1. The summed E-state index contributed by atoms with van der Waals surface area (Å²) >= 11 is 0. The van der Waals surface area contributed by atoms with E-state index in [9.17, 15) is 4.39 Å². The topological polar surface area (TPSA) is 0 Å². The molecule has 0 N–H and O–H groups in total. The second-order valence-corrected chi connectivity index (χ2v) is 6.15. The molecule has 100 valence electrons. The van der Waals surface area contributed by atoms with E-state index in [1.165, 1.54) is 50.5 Å². The molecule has 1 fully saturated rings. The number of hydrogen-bond donors (Lipinski definition) is 0. The van der Waals surface area contributed by atoms with Crippen molar-refractivity contribution in [1.29, 1.82) is 0 Å². The van der Waals surface area contributed by atoms with Gasteiger partial charge in [0.15, 0.2) is 0 Å². The van der Waals surface area contributed by atoms with Gasteiger partial charge in [0.05, 0.1) is 0 Å². The minimum absolute atomic E-state index is 0.126. The number of rotatable bonds is 4. The fourth-order valence-electron chi connectivity index (χ4n) is 3.24. The van der Waals surface area contributed by atoms with Crippen LogP contribution in [0.2, 0.25) is 0 Å². The Hall–Kier alpha value is -0.850. The molecule has 0 radical (unpaired) electrons. The van der Waals surface area contributed by atoms with E-state index in [-0.39, 0.29) is 11.2 Å². The fourth-order valence-corrected chi connectivity index (χ4v) is 3.24. The predicted molar refractivity (Wildman–Crippen MR) is 75.2 cm³/mol. The number of hydrogen-bond acceptors (Lipinski definition) is 0. The molecule has 0 amide bonds. The second-order valence-electron chi connectivity index (χ2n) is 6.15. The van der Waals surface area contributed by atoms with Crippen LogP contribution in [0.1, 0.15) is 64.4 Å². The second kappa shape index (κ2) is 5.86. The first-order valence-corrected chi connectivity index (χ1v) is 7.40. The molecule has 0 nitrogen and oxygen atoms in total. The van der Waals surface area contributed by atoms with E-state index < -0.39 is 0 Å². The first-order chi connectivity index (χ1) is 8.64. The highest BCUT2D eigenvalue weighted by molar-refractivity contribution is 5.25. The summed E-state index contributed by atoms with van der Waals surface area (Å²) in [5.74, 6) is 0.803. The highest BCUT2D eigenvalue weighted by atomic mass is 19.1. The highest BCUT2D eigenvalue weighted by Crippen LogP contribution is 2.42. The molecule has 0 unspecified atom stereocenters. The Bertz CT molecular complexity index is 358. The van der Waals surface area contributed by atoms with Gasteiger partial charge >= 0.3 is 0 Å². The number of halogens is 1. The van der Waals surface area contributed by atoms with Crippen LogP contribution in [0.3, 0.4) is 0 Å². The van der Waals surface area contributed by atoms with Crippen LogP contribution in [0, 0.1) is 11.7 Å². The van der Waals surface area contributed by atoms with Gasteiger partial charge in [0.1, 0.15) is 5.82 Å². The molecular formula is C17H25F. The Morgan fingerprint density at radius 3 is 2.33 bits per heavy atom. The van der Waals surface area contributed by atoms with Gasteiger partial charge in [-0.3, -0.25) is 0 Å². The Balaban J connectivity index is 1.96. The van der Waals surface area contributed by atoms with Crippen LogP contribution in [-0.4, -0.2) is 0 Å². The van der Waals surface area contributed by atoms with Gasteiger partial charge < -0.3 is 0 Å². The Labute approximate surface area is 111 Å². The maximum absolute atomic E-state index is 13.0. The lowest BCUT2D eigenvalue weighted by Crippen LogP contribution is -2.28. The molecule has 0 saturated heterocycles. The summed E-state index contributed by atoms with van der Waals surface area (Å²) in [5, 5.41) is 0. The highest BCUT2D eigenvalue weighted by Gasteiger charge is 2.32. The number of benzene rings is 1. The standard InChI is InChI=1S/C17H25F/c1-3-4-5-14-10-12-17(2,13-11-14)15-6-8-16(18)9-7-15/h6-9,14H,3-5,10-13H2,1-2H3. The average molecular weight is 248 g/mol. The molecule has 0 aliphatic heterocycles.